The predicted molar refractivity (Wildman–Crippen MR) is 75.7 cm³/mol. The summed E-state index contributed by atoms with van der Waals surface area (Å²) in [5.41, 5.74) is 1.92. The Labute approximate surface area is 115 Å². The fourth-order valence-corrected chi connectivity index (χ4v) is 3.78. The first-order valence-electron chi connectivity index (χ1n) is 7.22. The molecule has 3 rings (SSSR count). The van der Waals surface area contributed by atoms with Crippen molar-refractivity contribution in [3.63, 3.8) is 0 Å². The Morgan fingerprint density at radius 2 is 2.00 bits per heavy atom. The Morgan fingerprint density at radius 3 is 2.74 bits per heavy atom. The molecule has 1 aliphatic carbocycles. The summed E-state index contributed by atoms with van der Waals surface area (Å²) in [6.45, 7) is 6.58. The summed E-state index contributed by atoms with van der Waals surface area (Å²) < 4.78 is 6.30. The van der Waals surface area contributed by atoms with E-state index in [1.165, 1.54) is 6.42 Å². The highest BCUT2D eigenvalue weighted by Gasteiger charge is 2.46. The smallest absolute Gasteiger partial charge is 0.170 e. The SMILES string of the molecule is Cc1ccc2c(c1)C(=O)CC1(CCCC(C)(C)C1)O2. The van der Waals surface area contributed by atoms with Crippen molar-refractivity contribution in [3.05, 3.63) is 29.3 Å². The molecule has 0 saturated heterocycles. The summed E-state index contributed by atoms with van der Waals surface area (Å²) in [4.78, 5) is 12.4. The molecule has 1 aromatic rings. The van der Waals surface area contributed by atoms with Gasteiger partial charge >= 0.3 is 0 Å². The van der Waals surface area contributed by atoms with Crippen LogP contribution in [0.15, 0.2) is 18.2 Å². The monoisotopic (exact) mass is 258 g/mol. The normalized spacial score (nSPS) is 28.9. The molecule has 19 heavy (non-hydrogen) atoms. The van der Waals surface area contributed by atoms with E-state index in [1.807, 2.05) is 25.1 Å². The molecule has 1 heterocycles. The van der Waals surface area contributed by atoms with Gasteiger partial charge in [0.2, 0.25) is 0 Å². The van der Waals surface area contributed by atoms with E-state index in [0.29, 0.717) is 6.42 Å². The van der Waals surface area contributed by atoms with Gasteiger partial charge in [0.15, 0.2) is 5.78 Å². The lowest BCUT2D eigenvalue weighted by molar-refractivity contribution is -0.0249. The third-order valence-electron chi connectivity index (χ3n) is 4.53. The van der Waals surface area contributed by atoms with E-state index in [1.54, 1.807) is 0 Å². The zero-order valence-corrected chi connectivity index (χ0v) is 12.1. The number of benzene rings is 1. The van der Waals surface area contributed by atoms with Crippen molar-refractivity contribution in [3.8, 4) is 5.75 Å². The topological polar surface area (TPSA) is 26.3 Å². The first kappa shape index (κ1) is 12.7. The maximum absolute atomic E-state index is 12.4. The number of ketones is 1. The Hall–Kier alpha value is -1.31. The van der Waals surface area contributed by atoms with E-state index in [9.17, 15) is 4.79 Å². The lowest BCUT2D eigenvalue weighted by Crippen LogP contribution is -2.47. The number of carbonyl (C=O) groups excluding carboxylic acids is 1. The van der Waals surface area contributed by atoms with Crippen LogP contribution in [0.25, 0.3) is 0 Å². The van der Waals surface area contributed by atoms with Crippen molar-refractivity contribution < 1.29 is 9.53 Å². The first-order valence-corrected chi connectivity index (χ1v) is 7.22. The van der Waals surface area contributed by atoms with Gasteiger partial charge in [0, 0.05) is 0 Å². The first-order chi connectivity index (χ1) is 8.89. The third-order valence-corrected chi connectivity index (χ3v) is 4.53. The van der Waals surface area contributed by atoms with Crippen molar-refractivity contribution in [2.75, 3.05) is 0 Å². The molecule has 0 amide bonds. The quantitative estimate of drug-likeness (QED) is 0.693. The van der Waals surface area contributed by atoms with Crippen LogP contribution in [0.3, 0.4) is 0 Å². The maximum Gasteiger partial charge on any atom is 0.170 e. The number of carbonyl (C=O) groups is 1. The minimum atomic E-state index is -0.249. The average molecular weight is 258 g/mol. The Kier molecular flexibility index (Phi) is 2.74. The Morgan fingerprint density at radius 1 is 1.21 bits per heavy atom. The van der Waals surface area contributed by atoms with Crippen LogP contribution >= 0.6 is 0 Å². The van der Waals surface area contributed by atoms with E-state index >= 15 is 0 Å². The van der Waals surface area contributed by atoms with Crippen LogP contribution in [0.2, 0.25) is 0 Å². The van der Waals surface area contributed by atoms with Gasteiger partial charge in [-0.15, -0.1) is 0 Å². The molecule has 0 N–H and O–H groups in total. The lowest BCUT2D eigenvalue weighted by Gasteiger charge is -2.46. The zero-order chi connectivity index (χ0) is 13.7. The molecule has 0 bridgehead atoms. The molecule has 1 aromatic carbocycles. The summed E-state index contributed by atoms with van der Waals surface area (Å²) in [7, 11) is 0. The molecule has 1 unspecified atom stereocenters. The Balaban J connectivity index is 1.96. The largest absolute Gasteiger partial charge is 0.486 e. The average Bonchev–Trinajstić information content (AvgIpc) is 2.29. The van der Waals surface area contributed by atoms with Crippen molar-refractivity contribution in [2.45, 2.75) is 58.5 Å². The number of Topliss-reactive ketones (excluding diaryl/α,β-unsaturated/α-hetero) is 1. The van der Waals surface area contributed by atoms with Crippen molar-refractivity contribution in [1.29, 1.82) is 0 Å². The summed E-state index contributed by atoms with van der Waals surface area (Å²) in [5, 5.41) is 0. The van der Waals surface area contributed by atoms with Crippen LogP contribution in [0, 0.1) is 12.3 Å². The van der Waals surface area contributed by atoms with Gasteiger partial charge < -0.3 is 4.74 Å². The van der Waals surface area contributed by atoms with Crippen LogP contribution in [0.1, 0.15) is 61.9 Å². The van der Waals surface area contributed by atoms with Gasteiger partial charge in [0.25, 0.3) is 0 Å². The van der Waals surface area contributed by atoms with Crippen LogP contribution in [-0.4, -0.2) is 11.4 Å². The van der Waals surface area contributed by atoms with Gasteiger partial charge in [0.05, 0.1) is 12.0 Å². The summed E-state index contributed by atoms with van der Waals surface area (Å²) in [6.07, 6.45) is 4.93. The van der Waals surface area contributed by atoms with Gasteiger partial charge in [-0.3, -0.25) is 4.79 Å². The minimum Gasteiger partial charge on any atom is -0.486 e. The molecule has 2 nitrogen and oxygen atoms in total. The number of hydrogen-bond donors (Lipinski definition) is 0. The highest BCUT2D eigenvalue weighted by atomic mass is 16.5. The van der Waals surface area contributed by atoms with E-state index in [2.05, 4.69) is 13.8 Å². The highest BCUT2D eigenvalue weighted by molar-refractivity contribution is 6.00. The van der Waals surface area contributed by atoms with Crippen molar-refractivity contribution in [1.82, 2.24) is 0 Å². The van der Waals surface area contributed by atoms with Gasteiger partial charge in [-0.25, -0.2) is 0 Å². The second kappa shape index (κ2) is 4.09. The van der Waals surface area contributed by atoms with Gasteiger partial charge in [-0.05, 0) is 50.2 Å². The van der Waals surface area contributed by atoms with E-state index < -0.39 is 0 Å². The van der Waals surface area contributed by atoms with Crippen LogP contribution in [0.5, 0.6) is 5.75 Å². The zero-order valence-electron chi connectivity index (χ0n) is 12.1. The fourth-order valence-electron chi connectivity index (χ4n) is 3.78. The summed E-state index contributed by atoms with van der Waals surface area (Å²) in [6, 6.07) is 5.95. The molecule has 2 heteroatoms. The Bertz CT molecular complexity index is 530. The third kappa shape index (κ3) is 2.29. The maximum atomic E-state index is 12.4. The predicted octanol–water partition coefficient (Wildman–Crippen LogP) is 4.30. The molecular weight excluding hydrogens is 236 g/mol. The van der Waals surface area contributed by atoms with Gasteiger partial charge in [0.1, 0.15) is 11.4 Å². The highest BCUT2D eigenvalue weighted by Crippen LogP contribution is 2.48. The molecule has 1 spiro atoms. The van der Waals surface area contributed by atoms with Gasteiger partial charge in [-0.2, -0.15) is 0 Å². The summed E-state index contributed by atoms with van der Waals surface area (Å²) in [5.74, 6) is 1.04. The van der Waals surface area contributed by atoms with Crippen LogP contribution in [-0.2, 0) is 0 Å². The van der Waals surface area contributed by atoms with Crippen LogP contribution < -0.4 is 4.74 Å². The number of rotatable bonds is 0. The lowest BCUT2D eigenvalue weighted by atomic mass is 9.67. The molecular formula is C17H22O2. The molecule has 1 fully saturated rings. The molecule has 1 atom stereocenters. The minimum absolute atomic E-state index is 0.249. The van der Waals surface area contributed by atoms with E-state index in [4.69, 9.17) is 4.74 Å². The molecule has 0 aromatic heterocycles. The number of aryl methyl sites for hydroxylation is 1. The second-order valence-electron chi connectivity index (χ2n) is 7.08. The molecule has 2 aliphatic rings. The number of fused-ring (bicyclic) bond motifs is 1. The van der Waals surface area contributed by atoms with Crippen LogP contribution in [0.4, 0.5) is 0 Å². The van der Waals surface area contributed by atoms with E-state index in [0.717, 1.165) is 36.1 Å². The number of hydrogen-bond acceptors (Lipinski definition) is 2. The van der Waals surface area contributed by atoms with Crippen molar-refractivity contribution in [2.24, 2.45) is 5.41 Å². The molecule has 1 aliphatic heterocycles. The second-order valence-corrected chi connectivity index (χ2v) is 7.08. The number of ether oxygens (including phenoxy) is 1. The molecule has 0 radical (unpaired) electrons. The van der Waals surface area contributed by atoms with Crippen molar-refractivity contribution >= 4 is 5.78 Å². The molecule has 102 valence electrons. The van der Waals surface area contributed by atoms with Gasteiger partial charge in [-0.1, -0.05) is 25.5 Å². The summed E-state index contributed by atoms with van der Waals surface area (Å²) >= 11 is 0. The fraction of sp³-hybridized carbons (Fsp3) is 0.588. The van der Waals surface area contributed by atoms with E-state index in [-0.39, 0.29) is 16.8 Å². The standard InChI is InChI=1S/C17H22O2/c1-12-5-6-15-13(9-12)14(18)10-17(19-15)8-4-7-16(2,3)11-17/h5-6,9H,4,7-8,10-11H2,1-3H3. The molecule has 1 saturated carbocycles.